The van der Waals surface area contributed by atoms with Crippen molar-refractivity contribution in [1.82, 2.24) is 8.87 Å². The summed E-state index contributed by atoms with van der Waals surface area (Å²) in [5, 5.41) is 2.66. The quantitative estimate of drug-likeness (QED) is 0.646. The van der Waals surface area contributed by atoms with Crippen molar-refractivity contribution >= 4 is 21.6 Å². The van der Waals surface area contributed by atoms with Gasteiger partial charge in [-0.05, 0) is 35.9 Å². The van der Waals surface area contributed by atoms with Crippen LogP contribution < -0.4 is 10.9 Å². The second-order valence-electron chi connectivity index (χ2n) is 6.49. The van der Waals surface area contributed by atoms with Crippen molar-refractivity contribution < 1.29 is 13.2 Å². The van der Waals surface area contributed by atoms with E-state index in [1.165, 1.54) is 52.4 Å². The fourth-order valence-corrected chi connectivity index (χ4v) is 3.92. The summed E-state index contributed by atoms with van der Waals surface area (Å²) in [7, 11) is -2.14. The Morgan fingerprint density at radius 3 is 2.28 bits per heavy atom. The number of carbonyl (C=O) groups excluding carboxylic acids is 1. The molecule has 3 rings (SSSR count). The molecule has 0 bridgehead atoms. The first-order valence-electron chi connectivity index (χ1n) is 8.92. The first-order valence-corrected chi connectivity index (χ1v) is 10.4. The molecule has 0 aliphatic carbocycles. The number of nitrogens with one attached hydrogen (secondary N) is 1. The topological polar surface area (TPSA) is 88.5 Å². The van der Waals surface area contributed by atoms with Crippen molar-refractivity contribution in [1.29, 1.82) is 0 Å². The van der Waals surface area contributed by atoms with E-state index in [1.807, 2.05) is 30.3 Å². The Bertz CT molecular complexity index is 1140. The van der Waals surface area contributed by atoms with Gasteiger partial charge in [-0.3, -0.25) is 9.59 Å². The van der Waals surface area contributed by atoms with Crippen LogP contribution >= 0.6 is 0 Å². The van der Waals surface area contributed by atoms with Crippen LogP contribution in [0.4, 0.5) is 5.69 Å². The summed E-state index contributed by atoms with van der Waals surface area (Å²) in [6.07, 6.45) is 1.53. The molecule has 0 fully saturated rings. The van der Waals surface area contributed by atoms with Gasteiger partial charge in [0.2, 0.25) is 15.9 Å². The minimum atomic E-state index is -3.66. The third-order valence-electron chi connectivity index (χ3n) is 4.31. The molecule has 0 saturated heterocycles. The zero-order valence-corrected chi connectivity index (χ0v) is 16.7. The molecule has 7 nitrogen and oxygen atoms in total. The summed E-state index contributed by atoms with van der Waals surface area (Å²) >= 11 is 0. The number of nitrogens with zero attached hydrogens (tertiary/aromatic N) is 2. The number of pyridine rings is 1. The molecule has 0 radical (unpaired) electrons. The molecule has 1 heterocycles. The molecule has 0 aliphatic heterocycles. The molecule has 8 heteroatoms. The van der Waals surface area contributed by atoms with Gasteiger partial charge in [-0.15, -0.1) is 0 Å². The van der Waals surface area contributed by atoms with E-state index in [0.717, 1.165) is 5.56 Å². The van der Waals surface area contributed by atoms with Crippen LogP contribution in [0.3, 0.4) is 0 Å². The number of sulfonamides is 1. The molecule has 1 N–H and O–H groups in total. The van der Waals surface area contributed by atoms with E-state index < -0.39 is 10.0 Å². The Kier molecular flexibility index (Phi) is 6.26. The van der Waals surface area contributed by atoms with Crippen LogP contribution in [0, 0.1) is 0 Å². The van der Waals surface area contributed by atoms with Gasteiger partial charge in [0.15, 0.2) is 0 Å². The van der Waals surface area contributed by atoms with Crippen molar-refractivity contribution in [2.75, 3.05) is 12.4 Å². The highest BCUT2D eigenvalue weighted by atomic mass is 32.2. The van der Waals surface area contributed by atoms with E-state index in [1.54, 1.807) is 12.1 Å². The summed E-state index contributed by atoms with van der Waals surface area (Å²) in [4.78, 5) is 23.9. The minimum absolute atomic E-state index is 0.125. The predicted molar refractivity (Wildman–Crippen MR) is 111 cm³/mol. The number of carbonyl (C=O) groups is 1. The maximum atomic E-state index is 12.7. The third-order valence-corrected chi connectivity index (χ3v) is 6.12. The van der Waals surface area contributed by atoms with Gasteiger partial charge in [-0.1, -0.05) is 36.4 Å². The van der Waals surface area contributed by atoms with E-state index in [0.29, 0.717) is 5.69 Å². The minimum Gasteiger partial charge on any atom is -0.325 e. The van der Waals surface area contributed by atoms with Crippen molar-refractivity contribution in [3.8, 4) is 0 Å². The lowest BCUT2D eigenvalue weighted by molar-refractivity contribution is -0.116. The van der Waals surface area contributed by atoms with Crippen molar-refractivity contribution in [3.63, 3.8) is 0 Å². The van der Waals surface area contributed by atoms with Crippen LogP contribution in [-0.2, 0) is 27.9 Å². The molecule has 3 aromatic rings. The summed E-state index contributed by atoms with van der Waals surface area (Å²) in [6, 6.07) is 19.9. The Hall–Kier alpha value is -3.23. The molecular formula is C21H21N3O4S. The molecule has 0 unspecified atom stereocenters. The summed E-state index contributed by atoms with van der Waals surface area (Å²) in [6.45, 7) is 0.132. The number of aromatic nitrogens is 1. The number of anilines is 1. The van der Waals surface area contributed by atoms with Gasteiger partial charge < -0.3 is 9.88 Å². The van der Waals surface area contributed by atoms with Gasteiger partial charge in [0.05, 0.1) is 4.90 Å². The summed E-state index contributed by atoms with van der Waals surface area (Å²) < 4.78 is 28.1. The van der Waals surface area contributed by atoms with Crippen LogP contribution in [0.1, 0.15) is 5.56 Å². The number of hydrogen-bond donors (Lipinski definition) is 1. The van der Waals surface area contributed by atoms with E-state index in [4.69, 9.17) is 0 Å². The Morgan fingerprint density at radius 1 is 0.966 bits per heavy atom. The number of rotatable bonds is 7. The lowest BCUT2D eigenvalue weighted by Gasteiger charge is -2.17. The first-order chi connectivity index (χ1) is 13.9. The maximum absolute atomic E-state index is 12.7. The van der Waals surface area contributed by atoms with Gasteiger partial charge in [0, 0.05) is 31.5 Å². The highest BCUT2D eigenvalue weighted by molar-refractivity contribution is 7.89. The standard InChI is InChI=1S/C21H21N3O4S/c1-23(15-17-7-3-2-4-8-17)29(27,28)19-12-10-18(11-13-19)22-20(25)16-24-14-6-5-9-21(24)26/h2-14H,15-16H2,1H3,(H,22,25). The van der Waals surface area contributed by atoms with Gasteiger partial charge >= 0.3 is 0 Å². The zero-order valence-electron chi connectivity index (χ0n) is 15.9. The van der Waals surface area contributed by atoms with Gasteiger partial charge in [0.1, 0.15) is 6.54 Å². The molecule has 0 spiro atoms. The average Bonchev–Trinajstić information content (AvgIpc) is 2.71. The maximum Gasteiger partial charge on any atom is 0.250 e. The molecule has 0 saturated carbocycles. The molecule has 0 aliphatic rings. The van der Waals surface area contributed by atoms with Crippen LogP contribution in [0.2, 0.25) is 0 Å². The van der Waals surface area contributed by atoms with Crippen LogP contribution in [0.15, 0.2) is 88.7 Å². The summed E-state index contributed by atoms with van der Waals surface area (Å²) in [5.41, 5.74) is 1.06. The lowest BCUT2D eigenvalue weighted by atomic mass is 10.2. The second-order valence-corrected chi connectivity index (χ2v) is 8.53. The highest BCUT2D eigenvalue weighted by Crippen LogP contribution is 2.19. The molecule has 1 aromatic heterocycles. The average molecular weight is 411 g/mol. The molecule has 0 atom stereocenters. The molecular weight excluding hydrogens is 390 g/mol. The third kappa shape index (κ3) is 5.18. The Labute approximate surface area is 169 Å². The smallest absolute Gasteiger partial charge is 0.250 e. The van der Waals surface area contributed by atoms with E-state index in [-0.39, 0.29) is 29.5 Å². The fraction of sp³-hybridized carbons (Fsp3) is 0.143. The number of amides is 1. The molecule has 2 aromatic carbocycles. The number of benzene rings is 2. The van der Waals surface area contributed by atoms with Crippen LogP contribution in [0.25, 0.3) is 0 Å². The molecule has 29 heavy (non-hydrogen) atoms. The normalized spacial score (nSPS) is 11.4. The van der Waals surface area contributed by atoms with Gasteiger partial charge in [0.25, 0.3) is 5.56 Å². The van der Waals surface area contributed by atoms with E-state index in [9.17, 15) is 18.0 Å². The van der Waals surface area contributed by atoms with Crippen molar-refractivity contribution in [3.05, 3.63) is 94.9 Å². The number of hydrogen-bond acceptors (Lipinski definition) is 4. The highest BCUT2D eigenvalue weighted by Gasteiger charge is 2.20. The zero-order chi connectivity index (χ0) is 20.9. The van der Waals surface area contributed by atoms with Crippen molar-refractivity contribution in [2.45, 2.75) is 18.0 Å². The first kappa shape index (κ1) is 20.5. The van der Waals surface area contributed by atoms with E-state index >= 15 is 0 Å². The summed E-state index contributed by atoms with van der Waals surface area (Å²) in [5.74, 6) is -0.380. The fourth-order valence-electron chi connectivity index (χ4n) is 2.76. The molecule has 150 valence electrons. The predicted octanol–water partition coefficient (Wildman–Crippen LogP) is 2.31. The Morgan fingerprint density at radius 2 is 1.62 bits per heavy atom. The van der Waals surface area contributed by atoms with Crippen LogP contribution in [-0.4, -0.2) is 30.2 Å². The SMILES string of the molecule is CN(Cc1ccccc1)S(=O)(=O)c1ccc(NC(=O)Cn2ccccc2=O)cc1. The van der Waals surface area contributed by atoms with Crippen molar-refractivity contribution in [2.24, 2.45) is 0 Å². The molecule has 1 amide bonds. The van der Waals surface area contributed by atoms with E-state index in [2.05, 4.69) is 5.32 Å². The second kappa shape index (κ2) is 8.85. The lowest BCUT2D eigenvalue weighted by Crippen LogP contribution is -2.27. The monoisotopic (exact) mass is 411 g/mol. The van der Waals surface area contributed by atoms with Gasteiger partial charge in [-0.2, -0.15) is 4.31 Å². The Balaban J connectivity index is 1.66. The van der Waals surface area contributed by atoms with Gasteiger partial charge in [-0.25, -0.2) is 8.42 Å². The van der Waals surface area contributed by atoms with Crippen LogP contribution in [0.5, 0.6) is 0 Å². The largest absolute Gasteiger partial charge is 0.325 e.